The van der Waals surface area contributed by atoms with Gasteiger partial charge in [-0.25, -0.2) is 0 Å². The molecule has 0 fully saturated rings. The first-order valence-corrected chi connectivity index (χ1v) is 6.82. The molecule has 0 N–H and O–H groups in total. The van der Waals surface area contributed by atoms with E-state index < -0.39 is 15.4 Å². The molecule has 0 aromatic rings. The van der Waals surface area contributed by atoms with E-state index in [4.69, 9.17) is 0 Å². The highest BCUT2D eigenvalue weighted by molar-refractivity contribution is 7.64. The van der Waals surface area contributed by atoms with Gasteiger partial charge in [0.2, 0.25) is 7.37 Å². The van der Waals surface area contributed by atoms with Crippen molar-refractivity contribution in [3.63, 3.8) is 0 Å². The van der Waals surface area contributed by atoms with Crippen LogP contribution in [0.25, 0.3) is 0 Å². The molecule has 0 aromatic heterocycles. The van der Waals surface area contributed by atoms with Crippen molar-refractivity contribution in [3.05, 3.63) is 0 Å². The molecule has 2 atom stereocenters. The van der Waals surface area contributed by atoms with Gasteiger partial charge in [-0.1, -0.05) is 6.92 Å². The van der Waals surface area contributed by atoms with E-state index in [1.54, 1.807) is 6.92 Å². The van der Waals surface area contributed by atoms with Crippen molar-refractivity contribution in [1.29, 1.82) is 0 Å². The summed E-state index contributed by atoms with van der Waals surface area (Å²) in [4.78, 5) is 0. The van der Waals surface area contributed by atoms with Crippen molar-refractivity contribution in [2.24, 2.45) is 0 Å². The highest BCUT2D eigenvalue weighted by atomic mass is 31.2. The molecular formula is C4H12O3P2. The fourth-order valence-electron chi connectivity index (χ4n) is 0.336. The van der Waals surface area contributed by atoms with Crippen LogP contribution in [0, 0.1) is 0 Å². The van der Waals surface area contributed by atoms with Crippen LogP contribution in [0.15, 0.2) is 0 Å². The lowest BCUT2D eigenvalue weighted by atomic mass is 11.0. The first-order valence-electron chi connectivity index (χ1n) is 2.74. The smallest absolute Gasteiger partial charge is 0.205 e. The van der Waals surface area contributed by atoms with E-state index in [0.29, 0.717) is 6.16 Å². The molecule has 0 saturated heterocycles. The molecule has 0 aromatic carbocycles. The lowest BCUT2D eigenvalue weighted by Crippen LogP contribution is -1.81. The van der Waals surface area contributed by atoms with Crippen LogP contribution in [-0.4, -0.2) is 19.5 Å². The zero-order chi connectivity index (χ0) is 7.49. The van der Waals surface area contributed by atoms with Gasteiger partial charge in [-0.15, -0.1) is 0 Å². The Labute approximate surface area is 56.1 Å². The molecule has 0 rings (SSSR count). The van der Waals surface area contributed by atoms with E-state index in [1.165, 1.54) is 13.3 Å². The molecule has 0 saturated carbocycles. The van der Waals surface area contributed by atoms with Crippen molar-refractivity contribution in [1.82, 2.24) is 0 Å². The van der Waals surface area contributed by atoms with E-state index in [9.17, 15) is 9.13 Å². The SMILES string of the molecule is CCP(C)(=O)O[PH](C)=O. The summed E-state index contributed by atoms with van der Waals surface area (Å²) in [5.74, 6) is 0. The third-order valence-corrected chi connectivity index (χ3v) is 4.62. The van der Waals surface area contributed by atoms with Crippen molar-refractivity contribution < 1.29 is 13.4 Å². The van der Waals surface area contributed by atoms with E-state index in [1.807, 2.05) is 0 Å². The summed E-state index contributed by atoms with van der Waals surface area (Å²) in [5, 5.41) is 0. The standard InChI is InChI=1S/C4H12O3P2/c1-4-9(3,6)7-8(2)5/h8H,4H2,1-3H3. The molecule has 0 amide bonds. The molecule has 0 radical (unpaired) electrons. The number of hydrogen-bond acceptors (Lipinski definition) is 3. The van der Waals surface area contributed by atoms with E-state index in [-0.39, 0.29) is 0 Å². The Morgan fingerprint density at radius 1 is 1.67 bits per heavy atom. The van der Waals surface area contributed by atoms with Crippen LogP contribution in [0.5, 0.6) is 0 Å². The lowest BCUT2D eigenvalue weighted by molar-refractivity contribution is 0.480. The van der Waals surface area contributed by atoms with Crippen LogP contribution in [0.3, 0.4) is 0 Å². The normalized spacial score (nSPS) is 20.8. The van der Waals surface area contributed by atoms with Gasteiger partial charge in [0.25, 0.3) is 0 Å². The summed E-state index contributed by atoms with van der Waals surface area (Å²) < 4.78 is 26.1. The summed E-state index contributed by atoms with van der Waals surface area (Å²) in [6, 6.07) is 0. The van der Waals surface area contributed by atoms with Gasteiger partial charge >= 0.3 is 0 Å². The fraction of sp³-hybridized carbons (Fsp3) is 1.00. The average Bonchev–Trinajstić information content (AvgIpc) is 1.63. The van der Waals surface area contributed by atoms with Gasteiger partial charge in [-0.2, -0.15) is 0 Å². The first-order chi connectivity index (χ1) is 3.98. The first kappa shape index (κ1) is 9.42. The molecule has 0 aliphatic heterocycles. The molecule has 9 heavy (non-hydrogen) atoms. The molecule has 0 aliphatic rings. The Bertz CT molecular complexity index is 154. The highest BCUT2D eigenvalue weighted by Crippen LogP contribution is 2.49. The van der Waals surface area contributed by atoms with Crippen molar-refractivity contribution in [3.8, 4) is 0 Å². The summed E-state index contributed by atoms with van der Waals surface area (Å²) in [6.07, 6.45) is 0.456. The number of rotatable bonds is 3. The second-order valence-corrected chi connectivity index (χ2v) is 6.29. The lowest BCUT2D eigenvalue weighted by Gasteiger charge is -2.07. The zero-order valence-electron chi connectivity index (χ0n) is 5.88. The third-order valence-electron chi connectivity index (χ3n) is 0.896. The topological polar surface area (TPSA) is 43.4 Å². The second-order valence-electron chi connectivity index (χ2n) is 1.91. The van der Waals surface area contributed by atoms with Gasteiger partial charge in [0.15, 0.2) is 8.03 Å². The van der Waals surface area contributed by atoms with Crippen LogP contribution in [-0.2, 0) is 13.4 Å². The number of hydrogen-bond donors (Lipinski definition) is 0. The zero-order valence-corrected chi connectivity index (χ0v) is 7.77. The molecule has 56 valence electrons. The molecule has 0 spiro atoms. The summed E-state index contributed by atoms with van der Waals surface area (Å²) in [5.41, 5.74) is 0. The van der Waals surface area contributed by atoms with Crippen molar-refractivity contribution >= 4 is 15.4 Å². The van der Waals surface area contributed by atoms with Crippen LogP contribution < -0.4 is 0 Å². The molecule has 2 unspecified atom stereocenters. The summed E-state index contributed by atoms with van der Waals surface area (Å²) >= 11 is 0. The van der Waals surface area contributed by atoms with Gasteiger partial charge in [0.05, 0.1) is 0 Å². The van der Waals surface area contributed by atoms with Gasteiger partial charge in [0.1, 0.15) is 0 Å². The molecule has 0 bridgehead atoms. The predicted octanol–water partition coefficient (Wildman–Crippen LogP) is 2.04. The van der Waals surface area contributed by atoms with E-state index >= 15 is 0 Å². The van der Waals surface area contributed by atoms with Gasteiger partial charge < -0.3 is 0 Å². The maximum atomic E-state index is 11.0. The molecule has 3 nitrogen and oxygen atoms in total. The minimum atomic E-state index is -2.50. The molecule has 5 heteroatoms. The van der Waals surface area contributed by atoms with Gasteiger partial charge in [-0.05, 0) is 0 Å². The minimum Gasteiger partial charge on any atom is -0.296 e. The maximum absolute atomic E-state index is 11.0. The Hall–Kier alpha value is 0.420. The Balaban J connectivity index is 3.88. The average molecular weight is 170 g/mol. The quantitative estimate of drug-likeness (QED) is 0.608. The Kier molecular flexibility index (Phi) is 3.72. The Morgan fingerprint density at radius 3 is 2.22 bits per heavy atom. The van der Waals surface area contributed by atoms with Gasteiger partial charge in [0, 0.05) is 19.5 Å². The van der Waals surface area contributed by atoms with E-state index in [0.717, 1.165) is 0 Å². The van der Waals surface area contributed by atoms with Crippen LogP contribution >= 0.6 is 15.4 Å². The third kappa shape index (κ3) is 4.90. The van der Waals surface area contributed by atoms with Crippen LogP contribution in [0.1, 0.15) is 6.92 Å². The van der Waals surface area contributed by atoms with Crippen molar-refractivity contribution in [2.75, 3.05) is 19.5 Å². The maximum Gasteiger partial charge on any atom is 0.205 e. The monoisotopic (exact) mass is 170 g/mol. The summed E-state index contributed by atoms with van der Waals surface area (Å²) in [6.45, 7) is 4.70. The molecule has 0 heterocycles. The van der Waals surface area contributed by atoms with Gasteiger partial charge in [-0.3, -0.25) is 13.4 Å². The highest BCUT2D eigenvalue weighted by Gasteiger charge is 2.13. The largest absolute Gasteiger partial charge is 0.296 e. The minimum absolute atomic E-state index is 0.456. The second kappa shape index (κ2) is 3.55. The van der Waals surface area contributed by atoms with E-state index in [2.05, 4.69) is 4.31 Å². The van der Waals surface area contributed by atoms with Crippen molar-refractivity contribution in [2.45, 2.75) is 6.92 Å². The predicted molar refractivity (Wildman–Crippen MR) is 40.1 cm³/mol. The fourth-order valence-corrected chi connectivity index (χ4v) is 3.03. The van der Waals surface area contributed by atoms with Crippen LogP contribution in [0.2, 0.25) is 0 Å². The molecular weight excluding hydrogens is 158 g/mol. The van der Waals surface area contributed by atoms with Crippen LogP contribution in [0.4, 0.5) is 0 Å². The molecule has 0 aliphatic carbocycles. The Morgan fingerprint density at radius 2 is 2.11 bits per heavy atom. The summed E-state index contributed by atoms with van der Waals surface area (Å²) in [7, 11) is -4.51.